The minimum Gasteiger partial charge on any atom is -0.352 e. The normalized spacial score (nSPS) is 18.8. The molecule has 0 spiro atoms. The van der Waals surface area contributed by atoms with Gasteiger partial charge in [-0.2, -0.15) is 17.0 Å². The highest BCUT2D eigenvalue weighted by Crippen LogP contribution is 2.20. The molecule has 0 saturated carbocycles. The molecule has 1 amide bonds. The van der Waals surface area contributed by atoms with E-state index in [1.165, 1.54) is 22.7 Å². The molecule has 0 bridgehead atoms. The fraction of sp³-hybridized carbons (Fsp3) is 0.727. The standard InChI is InChI=1S/C11H21N3O3S/c1-4-7-12-11(15)10-5-8-14(9-6-10)18(16,17)13(2)3/h4,10H,1,5-9H2,2-3H3,(H,12,15). The third-order valence-electron chi connectivity index (χ3n) is 3.03. The quantitative estimate of drug-likeness (QED) is 0.707. The molecule has 1 heterocycles. The molecular formula is C11H21N3O3S. The number of nitrogens with one attached hydrogen (secondary N) is 1. The topological polar surface area (TPSA) is 69.7 Å². The highest BCUT2D eigenvalue weighted by atomic mass is 32.2. The Kier molecular flexibility index (Phi) is 5.30. The van der Waals surface area contributed by atoms with Crippen molar-refractivity contribution in [3.05, 3.63) is 12.7 Å². The van der Waals surface area contributed by atoms with E-state index in [1.807, 2.05) is 0 Å². The van der Waals surface area contributed by atoms with Crippen LogP contribution in [0.3, 0.4) is 0 Å². The van der Waals surface area contributed by atoms with E-state index in [2.05, 4.69) is 11.9 Å². The van der Waals surface area contributed by atoms with E-state index in [0.717, 1.165) is 0 Å². The summed E-state index contributed by atoms with van der Waals surface area (Å²) in [4.78, 5) is 11.7. The summed E-state index contributed by atoms with van der Waals surface area (Å²) in [6.07, 6.45) is 2.76. The molecule has 0 radical (unpaired) electrons. The molecule has 0 atom stereocenters. The lowest BCUT2D eigenvalue weighted by molar-refractivity contribution is -0.125. The second kappa shape index (κ2) is 6.31. The average molecular weight is 275 g/mol. The van der Waals surface area contributed by atoms with Gasteiger partial charge in [0.1, 0.15) is 0 Å². The molecular weight excluding hydrogens is 254 g/mol. The Labute approximate surface area is 109 Å². The smallest absolute Gasteiger partial charge is 0.281 e. The summed E-state index contributed by atoms with van der Waals surface area (Å²) < 4.78 is 26.4. The Hall–Kier alpha value is -0.920. The lowest BCUT2D eigenvalue weighted by atomic mass is 9.97. The van der Waals surface area contributed by atoms with Gasteiger partial charge in [-0.3, -0.25) is 4.79 Å². The van der Waals surface area contributed by atoms with Crippen molar-refractivity contribution in [3.63, 3.8) is 0 Å². The molecule has 1 rings (SSSR count). The van der Waals surface area contributed by atoms with Crippen molar-refractivity contribution < 1.29 is 13.2 Å². The van der Waals surface area contributed by atoms with E-state index < -0.39 is 10.2 Å². The molecule has 1 N–H and O–H groups in total. The molecule has 18 heavy (non-hydrogen) atoms. The zero-order chi connectivity index (χ0) is 13.8. The van der Waals surface area contributed by atoms with Gasteiger partial charge in [-0.05, 0) is 12.8 Å². The van der Waals surface area contributed by atoms with Crippen molar-refractivity contribution in [2.24, 2.45) is 5.92 Å². The van der Waals surface area contributed by atoms with E-state index in [9.17, 15) is 13.2 Å². The second-order valence-corrected chi connectivity index (χ2v) is 6.64. The van der Waals surface area contributed by atoms with Crippen molar-refractivity contribution in [1.29, 1.82) is 0 Å². The van der Waals surface area contributed by atoms with Crippen LogP contribution in [0.25, 0.3) is 0 Å². The third-order valence-corrected chi connectivity index (χ3v) is 4.97. The Bertz CT molecular complexity index is 398. The first kappa shape index (κ1) is 15.1. The van der Waals surface area contributed by atoms with Gasteiger partial charge in [-0.1, -0.05) is 6.08 Å². The van der Waals surface area contributed by atoms with Crippen LogP contribution in [0.5, 0.6) is 0 Å². The van der Waals surface area contributed by atoms with Crippen molar-refractivity contribution >= 4 is 16.1 Å². The SMILES string of the molecule is C=CCNC(=O)C1CCN(S(=O)(=O)N(C)C)CC1. The fourth-order valence-corrected chi connectivity index (χ4v) is 3.03. The molecule has 1 fully saturated rings. The molecule has 1 saturated heterocycles. The third kappa shape index (κ3) is 3.54. The minimum absolute atomic E-state index is 0.0169. The van der Waals surface area contributed by atoms with Crippen LogP contribution in [0.15, 0.2) is 12.7 Å². The number of amides is 1. The summed E-state index contributed by atoms with van der Waals surface area (Å²) in [6.45, 7) is 4.78. The van der Waals surface area contributed by atoms with Crippen LogP contribution in [-0.2, 0) is 15.0 Å². The Morgan fingerprint density at radius 2 is 2.00 bits per heavy atom. The molecule has 1 aliphatic rings. The van der Waals surface area contributed by atoms with Crippen LogP contribution >= 0.6 is 0 Å². The van der Waals surface area contributed by atoms with Gasteiger partial charge in [-0.25, -0.2) is 0 Å². The van der Waals surface area contributed by atoms with Gasteiger partial charge in [0.05, 0.1) is 0 Å². The van der Waals surface area contributed by atoms with Crippen LogP contribution in [0.2, 0.25) is 0 Å². The van der Waals surface area contributed by atoms with Crippen LogP contribution < -0.4 is 5.32 Å². The van der Waals surface area contributed by atoms with Crippen LogP contribution in [-0.4, -0.2) is 56.7 Å². The van der Waals surface area contributed by atoms with Crippen LogP contribution in [0.1, 0.15) is 12.8 Å². The van der Waals surface area contributed by atoms with E-state index >= 15 is 0 Å². The number of rotatable bonds is 5. The van der Waals surface area contributed by atoms with Crippen molar-refractivity contribution in [1.82, 2.24) is 13.9 Å². The van der Waals surface area contributed by atoms with Gasteiger partial charge in [-0.15, -0.1) is 6.58 Å². The van der Waals surface area contributed by atoms with Gasteiger partial charge < -0.3 is 5.32 Å². The molecule has 6 nitrogen and oxygen atoms in total. The molecule has 0 aromatic rings. The first-order chi connectivity index (χ1) is 8.39. The summed E-state index contributed by atoms with van der Waals surface area (Å²) >= 11 is 0. The van der Waals surface area contributed by atoms with Gasteiger partial charge in [0.2, 0.25) is 5.91 Å². The molecule has 0 aromatic heterocycles. The van der Waals surface area contributed by atoms with Gasteiger partial charge in [0.15, 0.2) is 0 Å². The Morgan fingerprint density at radius 3 is 2.44 bits per heavy atom. The lowest BCUT2D eigenvalue weighted by Crippen LogP contribution is -2.46. The Balaban J connectivity index is 2.51. The average Bonchev–Trinajstić information content (AvgIpc) is 2.35. The predicted molar refractivity (Wildman–Crippen MR) is 70.1 cm³/mol. The molecule has 0 aliphatic carbocycles. The summed E-state index contributed by atoms with van der Waals surface area (Å²) in [5.41, 5.74) is 0. The highest BCUT2D eigenvalue weighted by Gasteiger charge is 2.31. The zero-order valence-electron chi connectivity index (χ0n) is 10.9. The fourth-order valence-electron chi connectivity index (χ4n) is 1.90. The summed E-state index contributed by atoms with van der Waals surface area (Å²) in [5.74, 6) is -0.115. The van der Waals surface area contributed by atoms with Gasteiger partial charge in [0.25, 0.3) is 10.2 Å². The molecule has 1 aliphatic heterocycles. The van der Waals surface area contributed by atoms with Crippen molar-refractivity contribution in [2.45, 2.75) is 12.8 Å². The summed E-state index contributed by atoms with van der Waals surface area (Å²) in [5, 5.41) is 2.74. The van der Waals surface area contributed by atoms with E-state index in [4.69, 9.17) is 0 Å². The van der Waals surface area contributed by atoms with Crippen LogP contribution in [0.4, 0.5) is 0 Å². The summed E-state index contributed by atoms with van der Waals surface area (Å²) in [6, 6.07) is 0. The molecule has 104 valence electrons. The number of hydrogen-bond acceptors (Lipinski definition) is 3. The number of piperidine rings is 1. The highest BCUT2D eigenvalue weighted by molar-refractivity contribution is 7.86. The van der Waals surface area contributed by atoms with Gasteiger partial charge >= 0.3 is 0 Å². The maximum Gasteiger partial charge on any atom is 0.281 e. The molecule has 0 aromatic carbocycles. The predicted octanol–water partition coefficient (Wildman–Crippen LogP) is -0.193. The largest absolute Gasteiger partial charge is 0.352 e. The number of carbonyl (C=O) groups is 1. The van der Waals surface area contributed by atoms with Gasteiger partial charge in [0, 0.05) is 39.6 Å². The van der Waals surface area contributed by atoms with E-state index in [-0.39, 0.29) is 11.8 Å². The first-order valence-corrected chi connectivity index (χ1v) is 7.35. The molecule has 0 unspecified atom stereocenters. The van der Waals surface area contributed by atoms with Crippen molar-refractivity contribution in [2.75, 3.05) is 33.7 Å². The lowest BCUT2D eigenvalue weighted by Gasteiger charge is -2.32. The maximum absolute atomic E-state index is 11.9. The molecule has 7 heteroatoms. The summed E-state index contributed by atoms with van der Waals surface area (Å²) in [7, 11) is -0.323. The van der Waals surface area contributed by atoms with Crippen LogP contribution in [0, 0.1) is 5.92 Å². The number of nitrogens with zero attached hydrogens (tertiary/aromatic N) is 2. The zero-order valence-corrected chi connectivity index (χ0v) is 11.7. The number of carbonyl (C=O) groups excluding carboxylic acids is 1. The van der Waals surface area contributed by atoms with E-state index in [0.29, 0.717) is 32.5 Å². The first-order valence-electron chi connectivity index (χ1n) is 5.95. The van der Waals surface area contributed by atoms with Crippen molar-refractivity contribution in [3.8, 4) is 0 Å². The number of hydrogen-bond donors (Lipinski definition) is 1. The monoisotopic (exact) mass is 275 g/mol. The maximum atomic E-state index is 11.9. The Morgan fingerprint density at radius 1 is 1.44 bits per heavy atom. The van der Waals surface area contributed by atoms with E-state index in [1.54, 1.807) is 6.08 Å². The minimum atomic E-state index is -3.35. The second-order valence-electron chi connectivity index (χ2n) is 4.50.